The van der Waals surface area contributed by atoms with Crippen LogP contribution < -0.4 is 0 Å². The van der Waals surface area contributed by atoms with E-state index in [1.54, 1.807) is 23.9 Å². The van der Waals surface area contributed by atoms with E-state index in [2.05, 4.69) is 0 Å². The highest BCUT2D eigenvalue weighted by molar-refractivity contribution is 7.99. The van der Waals surface area contributed by atoms with Crippen molar-refractivity contribution >= 4 is 34.3 Å². The lowest BCUT2D eigenvalue weighted by Crippen LogP contribution is -1.76. The van der Waals surface area contributed by atoms with Gasteiger partial charge < -0.3 is 9.52 Å². The molecule has 3 aromatic rings. The molecule has 19 heavy (non-hydrogen) atoms. The Hall–Kier alpha value is -1.58. The third-order valence-corrected chi connectivity index (χ3v) is 3.99. The number of hydrogen-bond donors (Lipinski definition) is 1. The fraction of sp³-hybridized carbons (Fsp3) is 0.0667. The molecule has 0 aliphatic carbocycles. The molecule has 0 radical (unpaired) electrons. The second-order valence-corrected chi connectivity index (χ2v) is 5.40. The molecule has 1 N–H and O–H groups in total. The van der Waals surface area contributed by atoms with Crippen molar-refractivity contribution in [2.24, 2.45) is 0 Å². The fourth-order valence-corrected chi connectivity index (χ4v) is 2.95. The average molecular weight is 291 g/mol. The molecule has 0 saturated carbocycles. The van der Waals surface area contributed by atoms with E-state index in [1.807, 2.05) is 36.6 Å². The van der Waals surface area contributed by atoms with Crippen LogP contribution in [-0.4, -0.2) is 11.4 Å². The summed E-state index contributed by atoms with van der Waals surface area (Å²) >= 11 is 7.66. The molecular weight excluding hydrogens is 280 g/mol. The molecule has 2 aromatic carbocycles. The number of phenolic OH excluding ortho intramolecular Hbond substituents is 1. The van der Waals surface area contributed by atoms with Gasteiger partial charge in [-0.3, -0.25) is 0 Å². The van der Waals surface area contributed by atoms with Crippen LogP contribution in [0.1, 0.15) is 0 Å². The van der Waals surface area contributed by atoms with Gasteiger partial charge >= 0.3 is 0 Å². The molecule has 0 fully saturated rings. The Balaban J connectivity index is 2.25. The average Bonchev–Trinajstić information content (AvgIpc) is 2.77. The normalized spacial score (nSPS) is 11.1. The van der Waals surface area contributed by atoms with E-state index in [0.29, 0.717) is 5.02 Å². The molecule has 2 nitrogen and oxygen atoms in total. The maximum Gasteiger partial charge on any atom is 0.148 e. The monoisotopic (exact) mass is 290 g/mol. The predicted molar refractivity (Wildman–Crippen MR) is 80.1 cm³/mol. The van der Waals surface area contributed by atoms with Crippen molar-refractivity contribution in [2.45, 2.75) is 4.90 Å². The predicted octanol–water partition coefficient (Wildman–Crippen LogP) is 5.18. The summed E-state index contributed by atoms with van der Waals surface area (Å²) in [5, 5.41) is 11.1. The molecule has 96 valence electrons. The van der Waals surface area contributed by atoms with Crippen molar-refractivity contribution in [2.75, 3.05) is 6.26 Å². The second-order valence-electron chi connectivity index (χ2n) is 4.15. The first kappa shape index (κ1) is 12.5. The van der Waals surface area contributed by atoms with E-state index in [0.717, 1.165) is 27.2 Å². The third-order valence-electron chi connectivity index (χ3n) is 2.94. The maximum atomic E-state index is 9.35. The molecule has 3 rings (SSSR count). The van der Waals surface area contributed by atoms with Gasteiger partial charge in [0.15, 0.2) is 0 Å². The van der Waals surface area contributed by atoms with Crippen LogP contribution in [0.4, 0.5) is 0 Å². The zero-order chi connectivity index (χ0) is 13.4. The number of rotatable bonds is 2. The largest absolute Gasteiger partial charge is 0.508 e. The Bertz CT molecular complexity index is 732. The summed E-state index contributed by atoms with van der Waals surface area (Å²) in [5.74, 6) is 1.05. The maximum absolute atomic E-state index is 9.35. The van der Waals surface area contributed by atoms with Crippen LogP contribution in [0.15, 0.2) is 51.8 Å². The highest BCUT2D eigenvalue weighted by Crippen LogP contribution is 2.40. The van der Waals surface area contributed by atoms with Crippen LogP contribution in [0.3, 0.4) is 0 Å². The summed E-state index contributed by atoms with van der Waals surface area (Å²) in [6, 6.07) is 12.6. The summed E-state index contributed by atoms with van der Waals surface area (Å²) in [7, 11) is 0. The minimum atomic E-state index is 0.244. The standard InChI is InChI=1S/C15H11ClO2S/c1-19-15-12-8-10(16)4-7-13(12)18-14(15)9-2-5-11(17)6-3-9/h2-8,17H,1H3. The van der Waals surface area contributed by atoms with Crippen molar-refractivity contribution < 1.29 is 9.52 Å². The molecule has 0 aliphatic heterocycles. The molecule has 0 saturated heterocycles. The minimum Gasteiger partial charge on any atom is -0.508 e. The van der Waals surface area contributed by atoms with E-state index in [1.165, 1.54) is 0 Å². The van der Waals surface area contributed by atoms with E-state index >= 15 is 0 Å². The van der Waals surface area contributed by atoms with E-state index < -0.39 is 0 Å². The van der Waals surface area contributed by atoms with Crippen LogP contribution in [-0.2, 0) is 0 Å². The first-order valence-corrected chi connectivity index (χ1v) is 7.35. The van der Waals surface area contributed by atoms with Crippen LogP contribution in [0.5, 0.6) is 5.75 Å². The van der Waals surface area contributed by atoms with Gasteiger partial charge in [-0.2, -0.15) is 0 Å². The van der Waals surface area contributed by atoms with Gasteiger partial charge in [0.2, 0.25) is 0 Å². The molecular formula is C15H11ClO2S. The van der Waals surface area contributed by atoms with E-state index in [9.17, 15) is 5.11 Å². The number of thioether (sulfide) groups is 1. The Labute approximate surface area is 120 Å². The second kappa shape index (κ2) is 4.83. The zero-order valence-electron chi connectivity index (χ0n) is 10.2. The van der Waals surface area contributed by atoms with Gasteiger partial charge in [-0.1, -0.05) is 11.6 Å². The van der Waals surface area contributed by atoms with Gasteiger partial charge in [0.1, 0.15) is 17.1 Å². The van der Waals surface area contributed by atoms with E-state index in [4.69, 9.17) is 16.0 Å². The number of phenols is 1. The Morgan fingerprint density at radius 2 is 1.84 bits per heavy atom. The number of benzene rings is 2. The Kier molecular flexibility index (Phi) is 3.17. The fourth-order valence-electron chi connectivity index (χ4n) is 2.05. The summed E-state index contributed by atoms with van der Waals surface area (Å²) in [6.07, 6.45) is 2.01. The number of halogens is 1. The lowest BCUT2D eigenvalue weighted by molar-refractivity contribution is 0.475. The highest BCUT2D eigenvalue weighted by atomic mass is 35.5. The lowest BCUT2D eigenvalue weighted by Gasteiger charge is -2.00. The van der Waals surface area contributed by atoms with Crippen molar-refractivity contribution in [3.05, 3.63) is 47.5 Å². The van der Waals surface area contributed by atoms with E-state index in [-0.39, 0.29) is 5.75 Å². The Morgan fingerprint density at radius 1 is 1.11 bits per heavy atom. The summed E-state index contributed by atoms with van der Waals surface area (Å²) < 4.78 is 5.91. The number of furan rings is 1. The highest BCUT2D eigenvalue weighted by Gasteiger charge is 2.15. The number of fused-ring (bicyclic) bond motifs is 1. The van der Waals surface area contributed by atoms with Gasteiger partial charge in [0.05, 0.1) is 4.90 Å². The Morgan fingerprint density at radius 3 is 2.53 bits per heavy atom. The van der Waals surface area contributed by atoms with Crippen molar-refractivity contribution in [3.63, 3.8) is 0 Å². The molecule has 0 unspecified atom stereocenters. The molecule has 0 spiro atoms. The van der Waals surface area contributed by atoms with Crippen LogP contribution in [0.2, 0.25) is 5.02 Å². The van der Waals surface area contributed by atoms with Gasteiger partial charge in [-0.15, -0.1) is 11.8 Å². The van der Waals surface area contributed by atoms with Crippen molar-refractivity contribution in [1.82, 2.24) is 0 Å². The molecule has 1 heterocycles. The molecule has 0 atom stereocenters. The summed E-state index contributed by atoms with van der Waals surface area (Å²) in [5.41, 5.74) is 1.76. The number of aromatic hydroxyl groups is 1. The van der Waals surface area contributed by atoms with Crippen LogP contribution >= 0.6 is 23.4 Å². The van der Waals surface area contributed by atoms with Gasteiger partial charge in [0, 0.05) is 16.0 Å². The topological polar surface area (TPSA) is 33.4 Å². The van der Waals surface area contributed by atoms with Crippen molar-refractivity contribution in [3.8, 4) is 17.1 Å². The van der Waals surface area contributed by atoms with Crippen molar-refractivity contribution in [1.29, 1.82) is 0 Å². The quantitative estimate of drug-likeness (QED) is 0.660. The zero-order valence-corrected chi connectivity index (χ0v) is 11.8. The minimum absolute atomic E-state index is 0.244. The molecule has 0 amide bonds. The van der Waals surface area contributed by atoms with Crippen LogP contribution in [0, 0.1) is 0 Å². The smallest absolute Gasteiger partial charge is 0.148 e. The first-order chi connectivity index (χ1) is 9.19. The molecule has 1 aromatic heterocycles. The molecule has 4 heteroatoms. The molecule has 0 aliphatic rings. The van der Waals surface area contributed by atoms with Crippen LogP contribution in [0.25, 0.3) is 22.3 Å². The van der Waals surface area contributed by atoms with Gasteiger partial charge in [0.25, 0.3) is 0 Å². The van der Waals surface area contributed by atoms with Gasteiger partial charge in [-0.25, -0.2) is 0 Å². The van der Waals surface area contributed by atoms with Gasteiger partial charge in [-0.05, 0) is 48.7 Å². The third kappa shape index (κ3) is 2.20. The lowest BCUT2D eigenvalue weighted by atomic mass is 10.1. The first-order valence-electron chi connectivity index (χ1n) is 5.74. The SMILES string of the molecule is CSc1c(-c2ccc(O)cc2)oc2ccc(Cl)cc12. The summed E-state index contributed by atoms with van der Waals surface area (Å²) in [6.45, 7) is 0. The molecule has 0 bridgehead atoms. The number of hydrogen-bond acceptors (Lipinski definition) is 3. The summed E-state index contributed by atoms with van der Waals surface area (Å²) in [4.78, 5) is 1.06.